The van der Waals surface area contributed by atoms with E-state index in [9.17, 15) is 0 Å². The maximum atomic E-state index is 4.45. The van der Waals surface area contributed by atoms with Crippen molar-refractivity contribution in [2.45, 2.75) is 6.92 Å². The molecule has 0 spiro atoms. The van der Waals surface area contributed by atoms with Crippen LogP contribution in [0.2, 0.25) is 0 Å². The second-order valence-corrected chi connectivity index (χ2v) is 4.43. The molecule has 14 heavy (non-hydrogen) atoms. The van der Waals surface area contributed by atoms with Gasteiger partial charge in [-0.25, -0.2) is 0 Å². The van der Waals surface area contributed by atoms with Crippen molar-refractivity contribution in [1.29, 1.82) is 0 Å². The fourth-order valence-electron chi connectivity index (χ4n) is 1.40. The van der Waals surface area contributed by atoms with Crippen LogP contribution in [0.1, 0.15) is 5.56 Å². The van der Waals surface area contributed by atoms with Crippen LogP contribution in [0.3, 0.4) is 0 Å². The lowest BCUT2D eigenvalue weighted by molar-refractivity contribution is 1.12. The molecule has 0 radical (unpaired) electrons. The molecular formula is C11H14N2S. The molecule has 0 unspecified atom stereocenters. The zero-order chi connectivity index (χ0) is 9.80. The third kappa shape index (κ3) is 2.29. The van der Waals surface area contributed by atoms with Gasteiger partial charge in [0.1, 0.15) is 5.84 Å². The van der Waals surface area contributed by atoms with Gasteiger partial charge in [-0.1, -0.05) is 18.2 Å². The van der Waals surface area contributed by atoms with Gasteiger partial charge in [-0.2, -0.15) is 11.8 Å². The molecule has 0 aromatic heterocycles. The maximum Gasteiger partial charge on any atom is 0.111 e. The van der Waals surface area contributed by atoms with Crippen LogP contribution in [-0.2, 0) is 0 Å². The molecule has 0 saturated heterocycles. The van der Waals surface area contributed by atoms with Crippen LogP contribution >= 0.6 is 11.8 Å². The Kier molecular flexibility index (Phi) is 3.09. The maximum absolute atomic E-state index is 4.45. The molecule has 1 heterocycles. The lowest BCUT2D eigenvalue weighted by atomic mass is 10.2. The highest BCUT2D eigenvalue weighted by atomic mass is 32.2. The third-order valence-electron chi connectivity index (χ3n) is 2.20. The quantitative estimate of drug-likeness (QED) is 0.763. The van der Waals surface area contributed by atoms with Crippen molar-refractivity contribution < 1.29 is 0 Å². The van der Waals surface area contributed by atoms with E-state index in [0.29, 0.717) is 0 Å². The standard InChI is InChI=1S/C11H14N2S/c1-9-4-2-3-5-10(9)13-11-8-14-7-6-12-11/h2-5H,6-8H2,1H3,(H,12,13). The van der Waals surface area contributed by atoms with E-state index in [-0.39, 0.29) is 0 Å². The topological polar surface area (TPSA) is 24.4 Å². The molecule has 0 aliphatic carbocycles. The molecule has 1 N–H and O–H groups in total. The molecule has 74 valence electrons. The first-order chi connectivity index (χ1) is 6.86. The Morgan fingerprint density at radius 2 is 2.21 bits per heavy atom. The Balaban J connectivity index is 2.10. The summed E-state index contributed by atoms with van der Waals surface area (Å²) in [5.41, 5.74) is 2.44. The lowest BCUT2D eigenvalue weighted by Crippen LogP contribution is -2.20. The number of thioether (sulfide) groups is 1. The number of benzene rings is 1. The first-order valence-electron chi connectivity index (χ1n) is 4.80. The molecule has 1 aromatic carbocycles. The second kappa shape index (κ2) is 4.51. The van der Waals surface area contributed by atoms with Crippen molar-refractivity contribution >= 4 is 23.3 Å². The highest BCUT2D eigenvalue weighted by Gasteiger charge is 2.05. The van der Waals surface area contributed by atoms with E-state index in [0.717, 1.165) is 23.9 Å². The van der Waals surface area contributed by atoms with Crippen LogP contribution in [0.5, 0.6) is 0 Å². The van der Waals surface area contributed by atoms with E-state index in [1.807, 2.05) is 17.8 Å². The third-order valence-corrected chi connectivity index (χ3v) is 3.15. The van der Waals surface area contributed by atoms with Gasteiger partial charge in [0.2, 0.25) is 0 Å². The molecule has 2 nitrogen and oxygen atoms in total. The summed E-state index contributed by atoms with van der Waals surface area (Å²) in [6.07, 6.45) is 0. The van der Waals surface area contributed by atoms with Crippen LogP contribution in [0.25, 0.3) is 0 Å². The minimum Gasteiger partial charge on any atom is -0.343 e. The minimum absolute atomic E-state index is 0.943. The number of nitrogens with zero attached hydrogens (tertiary/aromatic N) is 1. The number of aliphatic imine (C=N–C) groups is 1. The van der Waals surface area contributed by atoms with Crippen molar-refractivity contribution in [2.24, 2.45) is 4.99 Å². The Bertz CT molecular complexity index is 347. The Labute approximate surface area is 88.8 Å². The Morgan fingerprint density at radius 3 is 2.93 bits per heavy atom. The predicted molar refractivity (Wildman–Crippen MR) is 64.4 cm³/mol. The summed E-state index contributed by atoms with van der Waals surface area (Å²) >= 11 is 1.93. The molecule has 0 amide bonds. The number of amidine groups is 1. The molecule has 1 aliphatic heterocycles. The van der Waals surface area contributed by atoms with Crippen molar-refractivity contribution in [3.8, 4) is 0 Å². The molecule has 0 saturated carbocycles. The van der Waals surface area contributed by atoms with Gasteiger partial charge in [0.15, 0.2) is 0 Å². The van der Waals surface area contributed by atoms with Crippen LogP contribution in [-0.4, -0.2) is 23.9 Å². The predicted octanol–water partition coefficient (Wildman–Crippen LogP) is 2.55. The Hall–Kier alpha value is -0.960. The van der Waals surface area contributed by atoms with Crippen molar-refractivity contribution in [2.75, 3.05) is 23.4 Å². The average molecular weight is 206 g/mol. The number of hydrogen-bond acceptors (Lipinski definition) is 3. The van der Waals surface area contributed by atoms with Gasteiger partial charge in [0.25, 0.3) is 0 Å². The average Bonchev–Trinajstić information content (AvgIpc) is 2.23. The fourth-order valence-corrected chi connectivity index (χ4v) is 2.13. The molecule has 2 rings (SSSR count). The molecule has 0 bridgehead atoms. The van der Waals surface area contributed by atoms with Crippen LogP contribution in [0.4, 0.5) is 5.69 Å². The first kappa shape index (κ1) is 9.59. The summed E-state index contributed by atoms with van der Waals surface area (Å²) in [5.74, 6) is 3.27. The van der Waals surface area contributed by atoms with Gasteiger partial charge in [0, 0.05) is 11.4 Å². The van der Waals surface area contributed by atoms with Crippen LogP contribution in [0, 0.1) is 6.92 Å². The molecule has 1 aliphatic rings. The molecule has 0 atom stereocenters. The normalized spacial score (nSPS) is 16.2. The van der Waals surface area contributed by atoms with Gasteiger partial charge in [0.05, 0.1) is 12.3 Å². The zero-order valence-corrected chi connectivity index (χ0v) is 9.10. The largest absolute Gasteiger partial charge is 0.343 e. The molecule has 3 heteroatoms. The van der Waals surface area contributed by atoms with Gasteiger partial charge in [-0.15, -0.1) is 0 Å². The summed E-state index contributed by atoms with van der Waals surface area (Å²) in [6.45, 7) is 3.05. The number of hydrogen-bond donors (Lipinski definition) is 1. The number of aryl methyl sites for hydroxylation is 1. The van der Waals surface area contributed by atoms with Crippen molar-refractivity contribution in [1.82, 2.24) is 0 Å². The van der Waals surface area contributed by atoms with Crippen molar-refractivity contribution in [3.63, 3.8) is 0 Å². The van der Waals surface area contributed by atoms with Crippen molar-refractivity contribution in [3.05, 3.63) is 29.8 Å². The summed E-state index contributed by atoms with van der Waals surface area (Å²) in [7, 11) is 0. The lowest BCUT2D eigenvalue weighted by Gasteiger charge is -2.14. The summed E-state index contributed by atoms with van der Waals surface area (Å²) in [6, 6.07) is 8.31. The zero-order valence-electron chi connectivity index (χ0n) is 8.29. The van der Waals surface area contributed by atoms with Gasteiger partial charge in [-0.3, -0.25) is 4.99 Å². The fraction of sp³-hybridized carbons (Fsp3) is 0.364. The van der Waals surface area contributed by atoms with E-state index in [1.54, 1.807) is 0 Å². The highest BCUT2D eigenvalue weighted by molar-refractivity contribution is 8.00. The van der Waals surface area contributed by atoms with E-state index >= 15 is 0 Å². The highest BCUT2D eigenvalue weighted by Crippen LogP contribution is 2.15. The number of anilines is 1. The van der Waals surface area contributed by atoms with Gasteiger partial charge >= 0.3 is 0 Å². The van der Waals surface area contributed by atoms with Crippen LogP contribution in [0.15, 0.2) is 29.3 Å². The van der Waals surface area contributed by atoms with E-state index in [1.165, 1.54) is 11.3 Å². The first-order valence-corrected chi connectivity index (χ1v) is 5.95. The summed E-state index contributed by atoms with van der Waals surface area (Å²) in [4.78, 5) is 4.45. The number of nitrogens with one attached hydrogen (secondary N) is 1. The smallest absolute Gasteiger partial charge is 0.111 e. The number of para-hydroxylation sites is 1. The van der Waals surface area contributed by atoms with Gasteiger partial charge < -0.3 is 5.32 Å². The summed E-state index contributed by atoms with van der Waals surface area (Å²) in [5, 5.41) is 3.38. The number of rotatable bonds is 1. The molecular weight excluding hydrogens is 192 g/mol. The molecule has 1 aromatic rings. The summed E-state index contributed by atoms with van der Waals surface area (Å²) < 4.78 is 0. The van der Waals surface area contributed by atoms with E-state index in [4.69, 9.17) is 0 Å². The monoisotopic (exact) mass is 206 g/mol. The Morgan fingerprint density at radius 1 is 1.36 bits per heavy atom. The second-order valence-electron chi connectivity index (χ2n) is 3.32. The minimum atomic E-state index is 0.943. The van der Waals surface area contributed by atoms with Crippen LogP contribution < -0.4 is 5.32 Å². The SMILES string of the molecule is Cc1ccccc1NC1=NCCSC1. The van der Waals surface area contributed by atoms with E-state index in [2.05, 4.69) is 35.4 Å². The molecule has 0 fully saturated rings. The van der Waals surface area contributed by atoms with E-state index < -0.39 is 0 Å². The van der Waals surface area contributed by atoms with Gasteiger partial charge in [-0.05, 0) is 18.6 Å².